The Labute approximate surface area is 160 Å². The van der Waals surface area contributed by atoms with Gasteiger partial charge in [0.25, 0.3) is 5.91 Å². The molecule has 1 heterocycles. The van der Waals surface area contributed by atoms with Crippen molar-refractivity contribution in [3.8, 4) is 0 Å². The van der Waals surface area contributed by atoms with E-state index in [1.807, 2.05) is 37.3 Å². The van der Waals surface area contributed by atoms with Crippen LogP contribution in [0.4, 0.5) is 0 Å². The third kappa shape index (κ3) is 6.57. The van der Waals surface area contributed by atoms with Crippen molar-refractivity contribution in [1.29, 1.82) is 0 Å². The van der Waals surface area contributed by atoms with Gasteiger partial charge in [0.05, 0.1) is 5.56 Å². The molecular weight excluding hydrogens is 344 g/mol. The molecule has 6 heteroatoms. The molecule has 0 saturated carbocycles. The zero-order valence-electron chi connectivity index (χ0n) is 16.3. The summed E-state index contributed by atoms with van der Waals surface area (Å²) in [6.45, 7) is 5.52. The number of ether oxygens (including phenoxy) is 1. The molecule has 2 aromatic rings. The lowest BCUT2D eigenvalue weighted by molar-refractivity contribution is -0.121. The Kier molecular flexibility index (Phi) is 8.07. The number of carbonyl (C=O) groups excluding carboxylic acids is 2. The smallest absolute Gasteiger partial charge is 0.257 e. The summed E-state index contributed by atoms with van der Waals surface area (Å²) in [5, 5.41) is 2.90. The largest absolute Gasteiger partial charge is 0.466 e. The lowest BCUT2D eigenvalue weighted by atomic mass is 10.2. The van der Waals surface area contributed by atoms with Crippen molar-refractivity contribution in [1.82, 2.24) is 10.2 Å². The minimum Gasteiger partial charge on any atom is -0.466 e. The average Bonchev–Trinajstić information content (AvgIpc) is 3.01. The van der Waals surface area contributed by atoms with Gasteiger partial charge >= 0.3 is 0 Å². The SMILES string of the molecule is COCCCN(CCC(=O)NCc1ccccc1)C(=O)c1cc(C)oc1C. The molecule has 0 unspecified atom stereocenters. The molecular formula is C21H28N2O4. The third-order valence-corrected chi connectivity index (χ3v) is 4.28. The van der Waals surface area contributed by atoms with Gasteiger partial charge in [-0.2, -0.15) is 0 Å². The molecule has 0 aliphatic heterocycles. The Morgan fingerprint density at radius 3 is 2.52 bits per heavy atom. The van der Waals surface area contributed by atoms with Crippen LogP contribution >= 0.6 is 0 Å². The first-order chi connectivity index (χ1) is 13.0. The van der Waals surface area contributed by atoms with Crippen molar-refractivity contribution < 1.29 is 18.7 Å². The van der Waals surface area contributed by atoms with Crippen LogP contribution < -0.4 is 5.32 Å². The van der Waals surface area contributed by atoms with E-state index >= 15 is 0 Å². The Morgan fingerprint density at radius 1 is 1.15 bits per heavy atom. The summed E-state index contributed by atoms with van der Waals surface area (Å²) in [6, 6.07) is 11.5. The predicted molar refractivity (Wildman–Crippen MR) is 103 cm³/mol. The first-order valence-electron chi connectivity index (χ1n) is 9.17. The lowest BCUT2D eigenvalue weighted by Crippen LogP contribution is -2.36. The molecule has 1 aromatic heterocycles. The Hall–Kier alpha value is -2.60. The minimum absolute atomic E-state index is 0.0801. The van der Waals surface area contributed by atoms with E-state index in [9.17, 15) is 9.59 Å². The fraction of sp³-hybridized carbons (Fsp3) is 0.429. The Bertz CT molecular complexity index is 740. The molecule has 0 aliphatic rings. The van der Waals surface area contributed by atoms with Crippen LogP contribution in [0.15, 0.2) is 40.8 Å². The van der Waals surface area contributed by atoms with Crippen molar-refractivity contribution in [2.75, 3.05) is 26.8 Å². The van der Waals surface area contributed by atoms with Crippen LogP contribution in [0, 0.1) is 13.8 Å². The number of nitrogens with zero attached hydrogens (tertiary/aromatic N) is 1. The number of methoxy groups -OCH3 is 1. The van der Waals surface area contributed by atoms with Crippen LogP contribution in [-0.4, -0.2) is 43.5 Å². The maximum atomic E-state index is 12.9. The van der Waals surface area contributed by atoms with E-state index in [-0.39, 0.29) is 18.2 Å². The molecule has 0 fully saturated rings. The lowest BCUT2D eigenvalue weighted by Gasteiger charge is -2.22. The first-order valence-corrected chi connectivity index (χ1v) is 9.17. The number of nitrogens with one attached hydrogen (secondary N) is 1. The van der Waals surface area contributed by atoms with E-state index in [2.05, 4.69) is 5.32 Å². The highest BCUT2D eigenvalue weighted by atomic mass is 16.5. The predicted octanol–water partition coefficient (Wildman–Crippen LogP) is 3.08. The molecule has 0 bridgehead atoms. The van der Waals surface area contributed by atoms with Gasteiger partial charge in [-0.15, -0.1) is 0 Å². The maximum absolute atomic E-state index is 12.9. The van der Waals surface area contributed by atoms with E-state index in [4.69, 9.17) is 9.15 Å². The monoisotopic (exact) mass is 372 g/mol. The standard InChI is InChI=1S/C21H28N2O4/c1-16-14-19(17(2)27-16)21(25)23(11-7-13-26-3)12-10-20(24)22-15-18-8-5-4-6-9-18/h4-6,8-9,14H,7,10-13,15H2,1-3H3,(H,22,24). The number of amides is 2. The minimum atomic E-state index is -0.115. The molecule has 0 aliphatic carbocycles. The molecule has 0 saturated heterocycles. The van der Waals surface area contributed by atoms with E-state index in [0.29, 0.717) is 49.7 Å². The zero-order valence-corrected chi connectivity index (χ0v) is 16.3. The highest BCUT2D eigenvalue weighted by Gasteiger charge is 2.21. The molecule has 146 valence electrons. The van der Waals surface area contributed by atoms with Gasteiger partial charge in [-0.25, -0.2) is 0 Å². The quantitative estimate of drug-likeness (QED) is 0.651. The molecule has 0 radical (unpaired) electrons. The molecule has 0 atom stereocenters. The van der Waals surface area contributed by atoms with Gasteiger partial charge in [-0.1, -0.05) is 30.3 Å². The summed E-state index contributed by atoms with van der Waals surface area (Å²) in [6.07, 6.45) is 0.963. The second-order valence-electron chi connectivity index (χ2n) is 6.48. The van der Waals surface area contributed by atoms with Crippen LogP contribution in [0.5, 0.6) is 0 Å². The van der Waals surface area contributed by atoms with Crippen molar-refractivity contribution in [3.05, 3.63) is 59.0 Å². The van der Waals surface area contributed by atoms with Crippen molar-refractivity contribution >= 4 is 11.8 Å². The summed E-state index contributed by atoms with van der Waals surface area (Å²) in [5.74, 6) is 1.11. The van der Waals surface area contributed by atoms with Gasteiger partial charge in [0, 0.05) is 39.8 Å². The van der Waals surface area contributed by atoms with Crippen LogP contribution in [-0.2, 0) is 16.1 Å². The maximum Gasteiger partial charge on any atom is 0.257 e. The fourth-order valence-electron chi connectivity index (χ4n) is 2.85. The van der Waals surface area contributed by atoms with Gasteiger partial charge in [-0.05, 0) is 31.9 Å². The number of aryl methyl sites for hydroxylation is 2. The number of hydrogen-bond acceptors (Lipinski definition) is 4. The van der Waals surface area contributed by atoms with Gasteiger partial charge in [0.1, 0.15) is 11.5 Å². The van der Waals surface area contributed by atoms with Gasteiger partial charge in [0.2, 0.25) is 5.91 Å². The molecule has 1 N–H and O–H groups in total. The van der Waals surface area contributed by atoms with E-state index in [1.165, 1.54) is 0 Å². The normalized spacial score (nSPS) is 10.6. The van der Waals surface area contributed by atoms with Crippen LogP contribution in [0.2, 0.25) is 0 Å². The molecule has 27 heavy (non-hydrogen) atoms. The van der Waals surface area contributed by atoms with Crippen LogP contribution in [0.25, 0.3) is 0 Å². The van der Waals surface area contributed by atoms with Gasteiger partial charge in [-0.3, -0.25) is 9.59 Å². The fourth-order valence-corrected chi connectivity index (χ4v) is 2.85. The molecule has 2 amide bonds. The van der Waals surface area contributed by atoms with Crippen molar-refractivity contribution in [2.24, 2.45) is 0 Å². The topological polar surface area (TPSA) is 71.8 Å². The average molecular weight is 372 g/mol. The van der Waals surface area contributed by atoms with Crippen molar-refractivity contribution in [3.63, 3.8) is 0 Å². The summed E-state index contributed by atoms with van der Waals surface area (Å²) < 4.78 is 10.6. The molecule has 1 aromatic carbocycles. The first kappa shape index (κ1) is 20.7. The van der Waals surface area contributed by atoms with E-state index < -0.39 is 0 Å². The number of furan rings is 1. The summed E-state index contributed by atoms with van der Waals surface area (Å²) >= 11 is 0. The zero-order chi connectivity index (χ0) is 19.6. The third-order valence-electron chi connectivity index (χ3n) is 4.28. The van der Waals surface area contributed by atoms with Gasteiger partial charge in [0.15, 0.2) is 0 Å². The number of hydrogen-bond donors (Lipinski definition) is 1. The Morgan fingerprint density at radius 2 is 1.89 bits per heavy atom. The van der Waals surface area contributed by atoms with Crippen LogP contribution in [0.3, 0.4) is 0 Å². The van der Waals surface area contributed by atoms with E-state index in [1.54, 1.807) is 25.0 Å². The number of carbonyl (C=O) groups is 2. The van der Waals surface area contributed by atoms with Gasteiger partial charge < -0.3 is 19.4 Å². The highest BCUT2D eigenvalue weighted by Crippen LogP contribution is 2.16. The second kappa shape index (κ2) is 10.5. The molecule has 6 nitrogen and oxygen atoms in total. The summed E-state index contributed by atoms with van der Waals surface area (Å²) in [5.41, 5.74) is 1.60. The molecule has 0 spiro atoms. The molecule has 2 rings (SSSR count). The number of benzene rings is 1. The second-order valence-corrected chi connectivity index (χ2v) is 6.48. The summed E-state index contributed by atoms with van der Waals surface area (Å²) in [7, 11) is 1.63. The van der Waals surface area contributed by atoms with E-state index in [0.717, 1.165) is 5.56 Å². The van der Waals surface area contributed by atoms with Crippen LogP contribution in [0.1, 0.15) is 40.3 Å². The highest BCUT2D eigenvalue weighted by molar-refractivity contribution is 5.95. The van der Waals surface area contributed by atoms with Crippen molar-refractivity contribution in [2.45, 2.75) is 33.2 Å². The summed E-state index contributed by atoms with van der Waals surface area (Å²) in [4.78, 5) is 26.7. The Balaban J connectivity index is 1.92. The number of rotatable bonds is 10.